The molecule has 0 unspecified atom stereocenters. The number of amides is 4. The largest absolute Gasteiger partial charge is 0.334 e. The number of imide groups is 1. The van der Waals surface area contributed by atoms with Crippen LogP contribution in [0.1, 0.15) is 50.1 Å². The summed E-state index contributed by atoms with van der Waals surface area (Å²) < 4.78 is 1.72. The van der Waals surface area contributed by atoms with Crippen molar-refractivity contribution >= 4 is 17.8 Å². The topological polar surface area (TPSA) is 87.5 Å². The second kappa shape index (κ2) is 5.86. The molecule has 3 fully saturated rings. The van der Waals surface area contributed by atoms with E-state index < -0.39 is 11.6 Å². The molecule has 25 heavy (non-hydrogen) atoms. The van der Waals surface area contributed by atoms with Gasteiger partial charge in [0.05, 0.1) is 12.2 Å². The summed E-state index contributed by atoms with van der Waals surface area (Å²) in [6.07, 6.45) is 8.69. The predicted octanol–water partition coefficient (Wildman–Crippen LogP) is 0.948. The minimum absolute atomic E-state index is 0.0255. The Bertz CT molecular complexity index is 722. The zero-order chi connectivity index (χ0) is 17.6. The van der Waals surface area contributed by atoms with Crippen LogP contribution in [0.3, 0.4) is 0 Å². The van der Waals surface area contributed by atoms with Gasteiger partial charge in [0.1, 0.15) is 12.1 Å². The molecule has 0 bridgehead atoms. The predicted molar refractivity (Wildman–Crippen MR) is 88.3 cm³/mol. The van der Waals surface area contributed by atoms with E-state index in [1.54, 1.807) is 15.8 Å². The third-order valence-electron chi connectivity index (χ3n) is 5.68. The van der Waals surface area contributed by atoms with Crippen molar-refractivity contribution in [1.82, 2.24) is 24.9 Å². The van der Waals surface area contributed by atoms with Crippen LogP contribution in [0.15, 0.2) is 12.4 Å². The van der Waals surface area contributed by atoms with E-state index in [1.807, 2.05) is 13.2 Å². The van der Waals surface area contributed by atoms with Gasteiger partial charge in [-0.2, -0.15) is 5.10 Å². The molecule has 1 spiro atoms. The molecule has 4 rings (SSSR count). The van der Waals surface area contributed by atoms with Crippen LogP contribution in [0.5, 0.6) is 0 Å². The molecule has 8 nitrogen and oxygen atoms in total. The second-order valence-electron chi connectivity index (χ2n) is 7.30. The average Bonchev–Trinajstić information content (AvgIpc) is 3.33. The van der Waals surface area contributed by atoms with E-state index in [4.69, 9.17) is 0 Å². The molecule has 2 aliphatic heterocycles. The summed E-state index contributed by atoms with van der Waals surface area (Å²) in [7, 11) is 1.85. The van der Waals surface area contributed by atoms with Crippen LogP contribution in [0, 0.1) is 0 Å². The zero-order valence-corrected chi connectivity index (χ0v) is 14.4. The maximum atomic E-state index is 12.8. The molecule has 2 saturated heterocycles. The smallest absolute Gasteiger partial charge is 0.325 e. The van der Waals surface area contributed by atoms with Gasteiger partial charge in [-0.25, -0.2) is 4.79 Å². The van der Waals surface area contributed by atoms with E-state index in [0.29, 0.717) is 19.4 Å². The standard InChI is InChI=1S/C17H23N5O3/c1-20-10-12(9-18-20)13-5-4-8-21(13)14(23)11-22-15(24)17(19-16(22)25)6-2-3-7-17/h9-10,13H,2-8,11H2,1H3,(H,19,25)/t13-/m1/s1. The molecule has 0 radical (unpaired) electrons. The Morgan fingerprint density at radius 2 is 2.08 bits per heavy atom. The van der Waals surface area contributed by atoms with Crippen LogP contribution in [0.25, 0.3) is 0 Å². The highest BCUT2D eigenvalue weighted by Gasteiger charge is 2.53. The minimum Gasteiger partial charge on any atom is -0.334 e. The zero-order valence-electron chi connectivity index (χ0n) is 14.4. The van der Waals surface area contributed by atoms with Crippen molar-refractivity contribution in [3.63, 3.8) is 0 Å². The van der Waals surface area contributed by atoms with Gasteiger partial charge in [0.25, 0.3) is 5.91 Å². The highest BCUT2D eigenvalue weighted by Crippen LogP contribution is 2.36. The summed E-state index contributed by atoms with van der Waals surface area (Å²) in [6.45, 7) is 0.469. The highest BCUT2D eigenvalue weighted by molar-refractivity contribution is 6.09. The number of nitrogens with one attached hydrogen (secondary N) is 1. The number of hydrogen-bond acceptors (Lipinski definition) is 4. The summed E-state index contributed by atoms with van der Waals surface area (Å²) in [5.41, 5.74) is 0.239. The first-order valence-corrected chi connectivity index (χ1v) is 8.92. The number of rotatable bonds is 3. The first-order valence-electron chi connectivity index (χ1n) is 8.92. The summed E-state index contributed by atoms with van der Waals surface area (Å²) in [4.78, 5) is 40.7. The van der Waals surface area contributed by atoms with Crippen molar-refractivity contribution < 1.29 is 14.4 Å². The Hall–Kier alpha value is -2.38. The molecular weight excluding hydrogens is 322 g/mol. The molecule has 1 aromatic heterocycles. The molecule has 1 aliphatic carbocycles. The molecular formula is C17H23N5O3. The first kappa shape index (κ1) is 16.1. The van der Waals surface area contributed by atoms with Crippen LogP contribution in [-0.4, -0.2) is 56.1 Å². The number of aryl methyl sites for hydroxylation is 1. The summed E-state index contributed by atoms with van der Waals surface area (Å²) >= 11 is 0. The summed E-state index contributed by atoms with van der Waals surface area (Å²) in [6, 6.07) is -0.459. The number of carbonyl (C=O) groups excluding carboxylic acids is 3. The van der Waals surface area contributed by atoms with Gasteiger partial charge in [-0.3, -0.25) is 19.2 Å². The quantitative estimate of drug-likeness (QED) is 0.826. The van der Waals surface area contributed by atoms with Crippen molar-refractivity contribution in [1.29, 1.82) is 0 Å². The number of urea groups is 1. The van der Waals surface area contributed by atoms with E-state index in [2.05, 4.69) is 10.4 Å². The molecule has 3 heterocycles. The molecule has 1 saturated carbocycles. The lowest BCUT2D eigenvalue weighted by Crippen LogP contribution is -2.46. The van der Waals surface area contributed by atoms with Gasteiger partial charge in [-0.15, -0.1) is 0 Å². The van der Waals surface area contributed by atoms with Gasteiger partial charge in [0, 0.05) is 25.4 Å². The van der Waals surface area contributed by atoms with E-state index in [-0.39, 0.29) is 24.4 Å². The normalized spacial score (nSPS) is 25.2. The van der Waals surface area contributed by atoms with Crippen molar-refractivity contribution in [2.75, 3.05) is 13.1 Å². The van der Waals surface area contributed by atoms with Gasteiger partial charge in [-0.05, 0) is 25.7 Å². The molecule has 1 N–H and O–H groups in total. The van der Waals surface area contributed by atoms with Gasteiger partial charge in [0.15, 0.2) is 0 Å². The highest BCUT2D eigenvalue weighted by atomic mass is 16.2. The monoisotopic (exact) mass is 345 g/mol. The minimum atomic E-state index is -0.759. The van der Waals surface area contributed by atoms with Crippen molar-refractivity contribution in [2.24, 2.45) is 7.05 Å². The van der Waals surface area contributed by atoms with Crippen LogP contribution < -0.4 is 5.32 Å². The fourth-order valence-corrected chi connectivity index (χ4v) is 4.39. The van der Waals surface area contributed by atoms with Crippen molar-refractivity contribution in [2.45, 2.75) is 50.1 Å². The van der Waals surface area contributed by atoms with Crippen LogP contribution in [-0.2, 0) is 16.6 Å². The van der Waals surface area contributed by atoms with E-state index in [9.17, 15) is 14.4 Å². The first-order chi connectivity index (χ1) is 12.0. The SMILES string of the molecule is Cn1cc([C@H]2CCCN2C(=O)CN2C(=O)NC3(CCCC3)C2=O)cn1. The Labute approximate surface area is 146 Å². The van der Waals surface area contributed by atoms with Crippen molar-refractivity contribution in [3.05, 3.63) is 18.0 Å². The molecule has 0 aromatic carbocycles. The van der Waals surface area contributed by atoms with Gasteiger partial charge >= 0.3 is 6.03 Å². The average molecular weight is 345 g/mol. The maximum absolute atomic E-state index is 12.8. The Balaban J connectivity index is 1.48. The van der Waals surface area contributed by atoms with E-state index >= 15 is 0 Å². The fourth-order valence-electron chi connectivity index (χ4n) is 4.39. The van der Waals surface area contributed by atoms with Gasteiger partial charge in [-0.1, -0.05) is 12.8 Å². The van der Waals surface area contributed by atoms with Gasteiger partial charge < -0.3 is 10.2 Å². The van der Waals surface area contributed by atoms with Gasteiger partial charge in [0.2, 0.25) is 5.91 Å². The number of likely N-dealkylation sites (tertiary alicyclic amines) is 1. The van der Waals surface area contributed by atoms with E-state index in [1.165, 1.54) is 0 Å². The van der Waals surface area contributed by atoms with Crippen molar-refractivity contribution in [3.8, 4) is 0 Å². The molecule has 3 aliphatic rings. The molecule has 4 amide bonds. The van der Waals surface area contributed by atoms with Crippen LogP contribution >= 0.6 is 0 Å². The lowest BCUT2D eigenvalue weighted by atomic mass is 9.98. The Morgan fingerprint density at radius 3 is 2.76 bits per heavy atom. The van der Waals surface area contributed by atoms with E-state index in [0.717, 1.165) is 36.1 Å². The Kier molecular flexibility index (Phi) is 3.77. The number of carbonyl (C=O) groups is 3. The number of nitrogens with zero attached hydrogens (tertiary/aromatic N) is 4. The third-order valence-corrected chi connectivity index (χ3v) is 5.68. The lowest BCUT2D eigenvalue weighted by molar-refractivity contribution is -0.139. The summed E-state index contributed by atoms with van der Waals surface area (Å²) in [5.74, 6) is -0.412. The fraction of sp³-hybridized carbons (Fsp3) is 0.647. The molecule has 1 aromatic rings. The second-order valence-corrected chi connectivity index (χ2v) is 7.30. The molecule has 8 heteroatoms. The Morgan fingerprint density at radius 1 is 1.32 bits per heavy atom. The van der Waals surface area contributed by atoms with Crippen LogP contribution in [0.2, 0.25) is 0 Å². The molecule has 134 valence electrons. The lowest BCUT2D eigenvalue weighted by Gasteiger charge is -2.26. The summed E-state index contributed by atoms with van der Waals surface area (Å²) in [5, 5.41) is 7.01. The third kappa shape index (κ3) is 2.60. The number of hydrogen-bond donors (Lipinski definition) is 1. The number of aromatic nitrogens is 2. The molecule has 1 atom stereocenters. The maximum Gasteiger partial charge on any atom is 0.325 e. The van der Waals surface area contributed by atoms with Crippen LogP contribution in [0.4, 0.5) is 4.79 Å².